The quantitative estimate of drug-likeness (QED) is 0.779. The van der Waals surface area contributed by atoms with Gasteiger partial charge in [-0.25, -0.2) is 4.98 Å². The van der Waals surface area contributed by atoms with Gasteiger partial charge in [0.05, 0.1) is 16.6 Å². The van der Waals surface area contributed by atoms with Crippen molar-refractivity contribution in [2.75, 3.05) is 6.54 Å². The van der Waals surface area contributed by atoms with Crippen molar-refractivity contribution in [3.05, 3.63) is 70.8 Å². The van der Waals surface area contributed by atoms with E-state index in [1.165, 1.54) is 10.9 Å². The van der Waals surface area contributed by atoms with E-state index in [-0.39, 0.29) is 11.5 Å². The van der Waals surface area contributed by atoms with Gasteiger partial charge in [0.15, 0.2) is 0 Å². The van der Waals surface area contributed by atoms with Crippen molar-refractivity contribution < 1.29 is 4.79 Å². The molecule has 0 saturated carbocycles. The molecular weight excluding hydrogens is 314 g/mol. The van der Waals surface area contributed by atoms with Crippen LogP contribution in [0, 0.1) is 5.92 Å². The van der Waals surface area contributed by atoms with E-state index < -0.39 is 0 Å². The fourth-order valence-corrected chi connectivity index (χ4v) is 2.60. The third-order valence-corrected chi connectivity index (χ3v) is 4.08. The van der Waals surface area contributed by atoms with Gasteiger partial charge in [0.1, 0.15) is 6.33 Å². The molecule has 128 valence electrons. The van der Waals surface area contributed by atoms with Gasteiger partial charge in [-0.3, -0.25) is 14.2 Å². The normalized spacial score (nSPS) is 11.0. The third-order valence-electron chi connectivity index (χ3n) is 4.08. The molecule has 0 bridgehead atoms. The molecule has 5 nitrogen and oxygen atoms in total. The first-order chi connectivity index (χ1) is 12.1. The van der Waals surface area contributed by atoms with E-state index in [4.69, 9.17) is 0 Å². The first kappa shape index (κ1) is 16.9. The lowest BCUT2D eigenvalue weighted by Gasteiger charge is -2.09. The maximum absolute atomic E-state index is 12.6. The lowest BCUT2D eigenvalue weighted by molar-refractivity contribution is 0.0952. The lowest BCUT2D eigenvalue weighted by Crippen LogP contribution is -2.25. The Morgan fingerprint density at radius 3 is 2.56 bits per heavy atom. The molecule has 25 heavy (non-hydrogen) atoms. The van der Waals surface area contributed by atoms with Crippen LogP contribution >= 0.6 is 0 Å². The number of fused-ring (bicyclic) bond motifs is 1. The molecule has 3 rings (SSSR count). The van der Waals surface area contributed by atoms with Crippen LogP contribution in [0.3, 0.4) is 0 Å². The summed E-state index contributed by atoms with van der Waals surface area (Å²) in [5.41, 5.74) is 1.81. The summed E-state index contributed by atoms with van der Waals surface area (Å²) in [5.74, 6) is 0.450. The van der Waals surface area contributed by atoms with E-state index >= 15 is 0 Å². The van der Waals surface area contributed by atoms with Gasteiger partial charge < -0.3 is 5.32 Å². The van der Waals surface area contributed by atoms with Crippen LogP contribution in [0.1, 0.15) is 30.6 Å². The van der Waals surface area contributed by atoms with Gasteiger partial charge in [0.25, 0.3) is 11.5 Å². The number of para-hydroxylation sites is 1. The second-order valence-corrected chi connectivity index (χ2v) is 6.42. The molecule has 1 N–H and O–H groups in total. The summed E-state index contributed by atoms with van der Waals surface area (Å²) in [6.07, 6.45) is 2.46. The molecule has 0 radical (unpaired) electrons. The van der Waals surface area contributed by atoms with Gasteiger partial charge in [-0.15, -0.1) is 0 Å². The summed E-state index contributed by atoms with van der Waals surface area (Å²) in [4.78, 5) is 29.0. The minimum absolute atomic E-state index is 0.101. The molecule has 0 atom stereocenters. The highest BCUT2D eigenvalue weighted by atomic mass is 16.1. The molecule has 3 aromatic rings. The average Bonchev–Trinajstić information content (AvgIpc) is 2.62. The maximum Gasteiger partial charge on any atom is 0.265 e. The standard InChI is InChI=1S/C20H21N3O2/c1-14(2)11-12-21-19(24)15-7-9-16(10-8-15)23-13-22-18-6-4-3-5-17(18)20(23)25/h3-10,13-14H,11-12H2,1-2H3,(H,21,24). The Labute approximate surface area is 146 Å². The van der Waals surface area contributed by atoms with E-state index in [0.29, 0.717) is 34.6 Å². The van der Waals surface area contributed by atoms with Crippen molar-refractivity contribution in [3.63, 3.8) is 0 Å². The highest BCUT2D eigenvalue weighted by molar-refractivity contribution is 5.94. The first-order valence-corrected chi connectivity index (χ1v) is 8.41. The number of carbonyl (C=O) groups is 1. The Morgan fingerprint density at radius 2 is 1.84 bits per heavy atom. The average molecular weight is 335 g/mol. The van der Waals surface area contributed by atoms with Crippen LogP contribution in [-0.2, 0) is 0 Å². The van der Waals surface area contributed by atoms with Crippen molar-refractivity contribution in [3.8, 4) is 5.69 Å². The fourth-order valence-electron chi connectivity index (χ4n) is 2.60. The Balaban J connectivity index is 1.82. The van der Waals surface area contributed by atoms with Gasteiger partial charge in [0.2, 0.25) is 0 Å². The highest BCUT2D eigenvalue weighted by Crippen LogP contribution is 2.11. The molecule has 2 aromatic carbocycles. The van der Waals surface area contributed by atoms with E-state index in [9.17, 15) is 9.59 Å². The van der Waals surface area contributed by atoms with Crippen molar-refractivity contribution in [2.24, 2.45) is 5.92 Å². The monoisotopic (exact) mass is 335 g/mol. The van der Waals surface area contributed by atoms with E-state index in [0.717, 1.165) is 6.42 Å². The van der Waals surface area contributed by atoms with Gasteiger partial charge in [-0.1, -0.05) is 26.0 Å². The number of nitrogens with one attached hydrogen (secondary N) is 1. The Morgan fingerprint density at radius 1 is 1.12 bits per heavy atom. The van der Waals surface area contributed by atoms with E-state index in [2.05, 4.69) is 24.1 Å². The molecule has 1 aromatic heterocycles. The Hall–Kier alpha value is -2.95. The minimum atomic E-state index is -0.125. The van der Waals surface area contributed by atoms with Crippen LogP contribution in [0.4, 0.5) is 0 Å². The van der Waals surface area contributed by atoms with Crippen LogP contribution in [-0.4, -0.2) is 22.0 Å². The molecule has 0 unspecified atom stereocenters. The summed E-state index contributed by atoms with van der Waals surface area (Å²) in [5, 5.41) is 3.48. The van der Waals surface area contributed by atoms with Crippen LogP contribution in [0.2, 0.25) is 0 Å². The van der Waals surface area contributed by atoms with Gasteiger partial charge in [-0.05, 0) is 48.7 Å². The van der Waals surface area contributed by atoms with Crippen molar-refractivity contribution >= 4 is 16.8 Å². The largest absolute Gasteiger partial charge is 0.352 e. The number of hydrogen-bond acceptors (Lipinski definition) is 3. The molecule has 0 aliphatic rings. The molecular formula is C20H21N3O2. The van der Waals surface area contributed by atoms with Crippen LogP contribution in [0.25, 0.3) is 16.6 Å². The van der Waals surface area contributed by atoms with Gasteiger partial charge in [0, 0.05) is 12.1 Å². The second kappa shape index (κ2) is 7.30. The lowest BCUT2D eigenvalue weighted by atomic mass is 10.1. The number of amides is 1. The van der Waals surface area contributed by atoms with Gasteiger partial charge >= 0.3 is 0 Å². The number of nitrogens with zero attached hydrogens (tertiary/aromatic N) is 2. The summed E-state index contributed by atoms with van der Waals surface area (Å²) in [7, 11) is 0. The molecule has 0 saturated heterocycles. The summed E-state index contributed by atoms with van der Waals surface area (Å²) >= 11 is 0. The first-order valence-electron chi connectivity index (χ1n) is 8.41. The molecule has 0 aliphatic heterocycles. The number of hydrogen-bond donors (Lipinski definition) is 1. The number of benzene rings is 2. The van der Waals surface area contributed by atoms with Crippen LogP contribution in [0.5, 0.6) is 0 Å². The number of carbonyl (C=O) groups excluding carboxylic acids is 1. The molecule has 1 heterocycles. The predicted octanol–water partition coefficient (Wildman–Crippen LogP) is 3.16. The second-order valence-electron chi connectivity index (χ2n) is 6.42. The van der Waals surface area contributed by atoms with Crippen molar-refractivity contribution in [2.45, 2.75) is 20.3 Å². The topological polar surface area (TPSA) is 64.0 Å². The predicted molar refractivity (Wildman–Crippen MR) is 99.1 cm³/mol. The number of aromatic nitrogens is 2. The molecule has 0 aliphatic carbocycles. The maximum atomic E-state index is 12.6. The Bertz CT molecular complexity index is 943. The molecule has 0 spiro atoms. The van der Waals surface area contributed by atoms with Crippen molar-refractivity contribution in [1.82, 2.24) is 14.9 Å². The SMILES string of the molecule is CC(C)CCNC(=O)c1ccc(-n2cnc3ccccc3c2=O)cc1. The number of rotatable bonds is 5. The zero-order chi connectivity index (χ0) is 17.8. The molecule has 5 heteroatoms. The summed E-state index contributed by atoms with van der Waals surface area (Å²) < 4.78 is 1.49. The van der Waals surface area contributed by atoms with E-state index in [1.54, 1.807) is 30.3 Å². The highest BCUT2D eigenvalue weighted by Gasteiger charge is 2.08. The summed E-state index contributed by atoms with van der Waals surface area (Å²) in [6, 6.07) is 14.2. The molecule has 1 amide bonds. The smallest absolute Gasteiger partial charge is 0.265 e. The van der Waals surface area contributed by atoms with Crippen LogP contribution < -0.4 is 10.9 Å². The zero-order valence-electron chi connectivity index (χ0n) is 14.4. The minimum Gasteiger partial charge on any atom is -0.352 e. The third kappa shape index (κ3) is 3.76. The van der Waals surface area contributed by atoms with Gasteiger partial charge in [-0.2, -0.15) is 0 Å². The zero-order valence-corrected chi connectivity index (χ0v) is 14.4. The van der Waals surface area contributed by atoms with Crippen LogP contribution in [0.15, 0.2) is 59.7 Å². The fraction of sp³-hybridized carbons (Fsp3) is 0.250. The summed E-state index contributed by atoms with van der Waals surface area (Å²) in [6.45, 7) is 4.90. The van der Waals surface area contributed by atoms with E-state index in [1.807, 2.05) is 18.2 Å². The Kier molecular flexibility index (Phi) is 4.93. The molecule has 0 fully saturated rings. The van der Waals surface area contributed by atoms with Crippen molar-refractivity contribution in [1.29, 1.82) is 0 Å².